The molecule has 1 fully saturated rings. The highest BCUT2D eigenvalue weighted by Gasteiger charge is 2.54. The van der Waals surface area contributed by atoms with Gasteiger partial charge in [0.1, 0.15) is 5.75 Å². The van der Waals surface area contributed by atoms with Gasteiger partial charge in [0.05, 0.1) is 6.10 Å². The van der Waals surface area contributed by atoms with Gasteiger partial charge in [-0.15, -0.1) is 0 Å². The topological polar surface area (TPSA) is 139 Å². The Balaban J connectivity index is 1.65. The second-order valence-corrected chi connectivity index (χ2v) is 10.5. The molecule has 3 aliphatic carbocycles. The molecule has 154 valence electrons. The summed E-state index contributed by atoms with van der Waals surface area (Å²) in [5.41, 5.74) is 3.09. The highest BCUT2D eigenvalue weighted by Crippen LogP contribution is 2.59. The molecule has 1 saturated carbocycles. The fourth-order valence-electron chi connectivity index (χ4n) is 5.41. The van der Waals surface area contributed by atoms with Crippen LogP contribution >= 0.6 is 0 Å². The molecule has 0 amide bonds. The maximum Gasteiger partial charge on any atom is 0.380 e. The molecule has 4 atom stereocenters. The zero-order valence-electron chi connectivity index (χ0n) is 15.5. The highest BCUT2D eigenvalue weighted by atomic mass is 32.2. The average molecular weight is 429 g/mol. The molecule has 4 rings (SSSR count). The Labute approximate surface area is 165 Å². The minimum atomic E-state index is -4.06. The van der Waals surface area contributed by atoms with Crippen molar-refractivity contribution in [3.8, 4) is 5.75 Å². The van der Waals surface area contributed by atoms with Gasteiger partial charge in [0.15, 0.2) is 0 Å². The summed E-state index contributed by atoms with van der Waals surface area (Å²) >= 11 is 0. The van der Waals surface area contributed by atoms with E-state index in [4.69, 9.17) is 18.6 Å². The molecule has 0 saturated heterocycles. The summed E-state index contributed by atoms with van der Waals surface area (Å²) < 4.78 is 55.3. The lowest BCUT2D eigenvalue weighted by molar-refractivity contribution is 0.0469. The van der Waals surface area contributed by atoms with Crippen molar-refractivity contribution >= 4 is 26.2 Å². The van der Waals surface area contributed by atoms with Crippen LogP contribution in [0.5, 0.6) is 5.75 Å². The predicted molar refractivity (Wildman–Crippen MR) is 103 cm³/mol. The first-order chi connectivity index (χ1) is 13.0. The lowest BCUT2D eigenvalue weighted by atomic mass is 9.60. The van der Waals surface area contributed by atoms with Crippen molar-refractivity contribution in [1.82, 2.24) is 0 Å². The molecule has 0 radical (unpaired) electrons. The van der Waals surface area contributed by atoms with E-state index in [9.17, 15) is 16.8 Å². The van der Waals surface area contributed by atoms with Crippen molar-refractivity contribution in [1.29, 1.82) is 0 Å². The molecule has 8 nitrogen and oxygen atoms in total. The summed E-state index contributed by atoms with van der Waals surface area (Å²) in [4.78, 5) is 0. The van der Waals surface area contributed by atoms with Crippen LogP contribution in [0.25, 0.3) is 5.57 Å². The normalized spacial score (nSPS) is 32.1. The van der Waals surface area contributed by atoms with Gasteiger partial charge in [-0.25, -0.2) is 5.14 Å². The van der Waals surface area contributed by atoms with Crippen LogP contribution in [-0.2, 0) is 31.2 Å². The van der Waals surface area contributed by atoms with Crippen molar-refractivity contribution < 1.29 is 25.2 Å². The van der Waals surface area contributed by atoms with Gasteiger partial charge in [-0.1, -0.05) is 19.1 Å². The average Bonchev–Trinajstić information content (AvgIpc) is 2.88. The number of nitrogens with two attached hydrogens (primary N) is 2. The van der Waals surface area contributed by atoms with Crippen molar-refractivity contribution in [3.05, 3.63) is 35.4 Å². The fraction of sp³-hybridized carbons (Fsp3) is 0.556. The number of rotatable bonds is 4. The van der Waals surface area contributed by atoms with Crippen LogP contribution < -0.4 is 14.5 Å². The molecule has 0 spiro atoms. The molecule has 0 aromatic heterocycles. The molecule has 1 aromatic carbocycles. The SMILES string of the molecule is C[C@]12CC=C3c4ccc(OS(N)(=O)=O)cc4CC[C@H]3[C@@H]1CC[C@@H]2OS(N)(=O)=O. The van der Waals surface area contributed by atoms with E-state index >= 15 is 0 Å². The third kappa shape index (κ3) is 3.59. The summed E-state index contributed by atoms with van der Waals surface area (Å²) in [5, 5.41) is 10.1. The van der Waals surface area contributed by atoms with Crippen molar-refractivity contribution in [2.45, 2.75) is 45.1 Å². The van der Waals surface area contributed by atoms with Gasteiger partial charge >= 0.3 is 20.6 Å². The zero-order chi connectivity index (χ0) is 20.3. The van der Waals surface area contributed by atoms with E-state index in [1.807, 2.05) is 6.07 Å². The van der Waals surface area contributed by atoms with E-state index in [2.05, 4.69) is 13.0 Å². The van der Waals surface area contributed by atoms with Crippen LogP contribution in [0, 0.1) is 17.3 Å². The first kappa shape index (κ1) is 19.8. The molecule has 0 bridgehead atoms. The summed E-state index contributed by atoms with van der Waals surface area (Å²) in [6, 6.07) is 5.22. The highest BCUT2D eigenvalue weighted by molar-refractivity contribution is 7.84. The molecule has 3 aliphatic rings. The van der Waals surface area contributed by atoms with Crippen LogP contribution in [0.2, 0.25) is 0 Å². The van der Waals surface area contributed by atoms with Crippen molar-refractivity contribution in [3.63, 3.8) is 0 Å². The van der Waals surface area contributed by atoms with E-state index in [0.717, 1.165) is 30.4 Å². The van der Waals surface area contributed by atoms with Gasteiger partial charge in [0.25, 0.3) is 0 Å². The Morgan fingerprint density at radius 1 is 1.07 bits per heavy atom. The summed E-state index contributed by atoms with van der Waals surface area (Å²) in [6.07, 6.45) is 5.72. The van der Waals surface area contributed by atoms with Crippen molar-refractivity contribution in [2.75, 3.05) is 0 Å². The molecule has 1 aromatic rings. The number of fused-ring (bicyclic) bond motifs is 5. The Bertz CT molecular complexity index is 1050. The van der Waals surface area contributed by atoms with Crippen LogP contribution in [0.4, 0.5) is 0 Å². The van der Waals surface area contributed by atoms with Gasteiger partial charge in [-0.3, -0.25) is 4.18 Å². The molecule has 10 heteroatoms. The molecular formula is C18H24N2O6S2. The number of hydrogen-bond acceptors (Lipinski definition) is 6. The molecule has 0 unspecified atom stereocenters. The monoisotopic (exact) mass is 428 g/mol. The minimum absolute atomic E-state index is 0.212. The predicted octanol–water partition coefficient (Wildman–Crippen LogP) is 1.62. The zero-order valence-corrected chi connectivity index (χ0v) is 17.1. The first-order valence-electron chi connectivity index (χ1n) is 9.23. The minimum Gasteiger partial charge on any atom is -0.371 e. The van der Waals surface area contributed by atoms with Gasteiger partial charge in [-0.05, 0) is 72.8 Å². The molecule has 0 heterocycles. The van der Waals surface area contributed by atoms with Crippen LogP contribution in [-0.4, -0.2) is 22.9 Å². The lowest BCUT2D eigenvalue weighted by Crippen LogP contribution is -2.42. The van der Waals surface area contributed by atoms with E-state index < -0.39 is 26.7 Å². The molecule has 28 heavy (non-hydrogen) atoms. The van der Waals surface area contributed by atoms with Gasteiger partial charge in [0.2, 0.25) is 0 Å². The third-order valence-electron chi connectivity index (χ3n) is 6.54. The van der Waals surface area contributed by atoms with Gasteiger partial charge in [0, 0.05) is 5.41 Å². The summed E-state index contributed by atoms with van der Waals surface area (Å²) in [7, 11) is -8.04. The standard InChI is InChI=1S/C18H24N2O6S2/c1-18-9-8-14-13-5-3-12(25-27(19,21)22)10-11(13)2-4-15(14)16(18)6-7-17(18)26-28(20,23)24/h3,5,8,10,15-17H,2,4,6-7,9H2,1H3,(H2,19,21,22)(H2,20,23,24)/t15-,16+,17+,18+/m1/s1. The van der Waals surface area contributed by atoms with E-state index in [1.165, 1.54) is 5.57 Å². The lowest BCUT2D eigenvalue weighted by Gasteiger charge is -2.46. The number of allylic oxidation sites excluding steroid dienone is 2. The van der Waals surface area contributed by atoms with Crippen LogP contribution in [0.15, 0.2) is 24.3 Å². The second kappa shape index (κ2) is 6.53. The van der Waals surface area contributed by atoms with Crippen LogP contribution in [0.3, 0.4) is 0 Å². The van der Waals surface area contributed by atoms with Gasteiger partial charge in [-0.2, -0.15) is 22.0 Å². The summed E-state index contributed by atoms with van der Waals surface area (Å²) in [5.74, 6) is 0.835. The van der Waals surface area contributed by atoms with E-state index in [1.54, 1.807) is 12.1 Å². The second-order valence-electron chi connectivity index (χ2n) is 8.17. The maximum atomic E-state index is 11.5. The first-order valence-corrected chi connectivity index (χ1v) is 12.2. The third-order valence-corrected chi connectivity index (χ3v) is 7.47. The smallest absolute Gasteiger partial charge is 0.371 e. The van der Waals surface area contributed by atoms with E-state index in [-0.39, 0.29) is 11.2 Å². The number of hydrogen-bond donors (Lipinski definition) is 2. The fourth-order valence-corrected chi connectivity index (χ4v) is 6.42. The quantitative estimate of drug-likeness (QED) is 0.747. The largest absolute Gasteiger partial charge is 0.380 e. The Kier molecular flexibility index (Phi) is 4.63. The number of benzene rings is 1. The number of aryl methyl sites for hydroxylation is 1. The maximum absolute atomic E-state index is 11.5. The Morgan fingerprint density at radius 2 is 1.82 bits per heavy atom. The van der Waals surface area contributed by atoms with Crippen LogP contribution in [0.1, 0.15) is 43.7 Å². The Morgan fingerprint density at radius 3 is 2.50 bits per heavy atom. The van der Waals surface area contributed by atoms with Gasteiger partial charge < -0.3 is 4.18 Å². The van der Waals surface area contributed by atoms with Crippen molar-refractivity contribution in [2.24, 2.45) is 27.5 Å². The molecule has 0 aliphatic heterocycles. The molecule has 4 N–H and O–H groups in total. The Hall–Kier alpha value is -1.46. The van der Waals surface area contributed by atoms with E-state index in [0.29, 0.717) is 24.7 Å². The summed E-state index contributed by atoms with van der Waals surface area (Å²) in [6.45, 7) is 2.09. The molecular weight excluding hydrogens is 404 g/mol.